The summed E-state index contributed by atoms with van der Waals surface area (Å²) in [6.45, 7) is 2.89. The van der Waals surface area contributed by atoms with Gasteiger partial charge in [0, 0.05) is 24.7 Å². The molecule has 2 atom stereocenters. The molecule has 0 radical (unpaired) electrons. The van der Waals surface area contributed by atoms with E-state index >= 15 is 0 Å². The molecule has 3 N–H and O–H groups in total. The molecule has 0 saturated heterocycles. The predicted octanol–water partition coefficient (Wildman–Crippen LogP) is 5.26. The van der Waals surface area contributed by atoms with Gasteiger partial charge in [-0.25, -0.2) is 4.79 Å². The zero-order valence-electron chi connectivity index (χ0n) is 18.4. The molecule has 0 heterocycles. The summed E-state index contributed by atoms with van der Waals surface area (Å²) in [7, 11) is 0. The molecule has 4 rings (SSSR count). The van der Waals surface area contributed by atoms with Crippen LogP contribution in [0.2, 0.25) is 0 Å². The van der Waals surface area contributed by atoms with Crippen LogP contribution in [0.3, 0.4) is 0 Å². The molecule has 2 aromatic carbocycles. The van der Waals surface area contributed by atoms with Gasteiger partial charge in [0.1, 0.15) is 0 Å². The number of carboxylic acids is 1. The maximum atomic E-state index is 11.4. The highest BCUT2D eigenvalue weighted by molar-refractivity contribution is 5.89. The fourth-order valence-electron chi connectivity index (χ4n) is 4.93. The smallest absolute Gasteiger partial charge is 0.336 e. The van der Waals surface area contributed by atoms with Crippen molar-refractivity contribution < 1.29 is 9.90 Å². The molecule has 2 aliphatic carbocycles. The Morgan fingerprint density at radius 2 is 1.68 bits per heavy atom. The van der Waals surface area contributed by atoms with Gasteiger partial charge in [0.05, 0.1) is 5.56 Å². The number of rotatable bonds is 9. The molecule has 2 saturated carbocycles. The van der Waals surface area contributed by atoms with Gasteiger partial charge in [0.2, 0.25) is 0 Å². The first-order chi connectivity index (χ1) is 15.1. The Morgan fingerprint density at radius 1 is 1.00 bits per heavy atom. The molecule has 0 aliphatic heterocycles. The minimum absolute atomic E-state index is 0.403. The van der Waals surface area contributed by atoms with Crippen molar-refractivity contribution in [2.75, 3.05) is 0 Å². The normalized spacial score (nSPS) is 25.9. The Bertz CT molecular complexity index is 900. The van der Waals surface area contributed by atoms with E-state index in [9.17, 15) is 9.90 Å². The van der Waals surface area contributed by atoms with Gasteiger partial charge in [-0.1, -0.05) is 67.1 Å². The van der Waals surface area contributed by atoms with Gasteiger partial charge in [0.25, 0.3) is 0 Å². The highest BCUT2D eigenvalue weighted by atomic mass is 16.4. The fraction of sp³-hybridized carbons (Fsp3) is 0.444. The molecule has 0 spiro atoms. The van der Waals surface area contributed by atoms with Crippen molar-refractivity contribution in [1.29, 1.82) is 0 Å². The molecule has 0 aromatic heterocycles. The van der Waals surface area contributed by atoms with Crippen molar-refractivity contribution in [2.45, 2.75) is 70.1 Å². The van der Waals surface area contributed by atoms with Gasteiger partial charge < -0.3 is 15.7 Å². The minimum atomic E-state index is -0.850. The molecule has 0 bridgehead atoms. The van der Waals surface area contributed by atoms with E-state index in [-0.39, 0.29) is 0 Å². The molecule has 2 fully saturated rings. The lowest BCUT2D eigenvalue weighted by molar-refractivity contribution is 0.0695. The third kappa shape index (κ3) is 5.84. The van der Waals surface area contributed by atoms with E-state index in [1.54, 1.807) is 17.7 Å². The second-order valence-corrected chi connectivity index (χ2v) is 8.99. The number of hydrogen-bond donors (Lipinski definition) is 3. The number of carboxylic acid groups (broad SMARTS) is 1. The van der Waals surface area contributed by atoms with Gasteiger partial charge in [-0.15, -0.1) is 0 Å². The van der Waals surface area contributed by atoms with Gasteiger partial charge in [0.15, 0.2) is 0 Å². The molecule has 31 heavy (non-hydrogen) atoms. The maximum Gasteiger partial charge on any atom is 0.336 e. The summed E-state index contributed by atoms with van der Waals surface area (Å²) in [4.78, 5) is 11.4. The first-order valence-corrected chi connectivity index (χ1v) is 11.7. The lowest BCUT2D eigenvalue weighted by Crippen LogP contribution is -2.41. The van der Waals surface area contributed by atoms with Gasteiger partial charge in [-0.2, -0.15) is 0 Å². The molecule has 2 aliphatic rings. The average molecular weight is 419 g/mol. The first kappa shape index (κ1) is 21.8. The second kappa shape index (κ2) is 10.3. The predicted molar refractivity (Wildman–Crippen MR) is 126 cm³/mol. The van der Waals surface area contributed by atoms with E-state index in [1.807, 2.05) is 12.1 Å². The Morgan fingerprint density at radius 3 is 2.39 bits per heavy atom. The zero-order chi connectivity index (χ0) is 21.6. The van der Waals surface area contributed by atoms with Gasteiger partial charge >= 0.3 is 5.97 Å². The molecule has 164 valence electrons. The molecule has 0 unspecified atom stereocenters. The molecule has 2 aromatic rings. The van der Waals surface area contributed by atoms with E-state index in [0.29, 0.717) is 36.2 Å². The number of nitrogens with one attached hydrogen (secondary N) is 2. The minimum Gasteiger partial charge on any atom is -0.478 e. The van der Waals surface area contributed by atoms with Crippen LogP contribution in [0.1, 0.15) is 66.9 Å². The fourth-order valence-corrected chi connectivity index (χ4v) is 4.93. The van der Waals surface area contributed by atoms with E-state index in [1.165, 1.54) is 24.8 Å². The van der Waals surface area contributed by atoms with Crippen LogP contribution in [-0.4, -0.2) is 29.2 Å². The SMILES string of the molecule is CCC(=Cc1ccccc1)[C@@H]1C[C@H]1NC1CCC(NCc2ccccc2C(=O)O)CC1. The summed E-state index contributed by atoms with van der Waals surface area (Å²) in [5, 5.41) is 16.8. The third-order valence-electron chi connectivity index (χ3n) is 6.83. The Labute approximate surface area is 185 Å². The van der Waals surface area contributed by atoms with E-state index in [2.05, 4.69) is 54.0 Å². The maximum absolute atomic E-state index is 11.4. The number of carbonyl (C=O) groups is 1. The summed E-state index contributed by atoms with van der Waals surface area (Å²) >= 11 is 0. The molecule has 4 heteroatoms. The first-order valence-electron chi connectivity index (χ1n) is 11.7. The quantitative estimate of drug-likeness (QED) is 0.520. The summed E-state index contributed by atoms with van der Waals surface area (Å²) in [6, 6.07) is 19.6. The number of aromatic carboxylic acids is 1. The zero-order valence-corrected chi connectivity index (χ0v) is 18.4. The summed E-state index contributed by atoms with van der Waals surface area (Å²) in [5.74, 6) is -0.161. The van der Waals surface area contributed by atoms with Crippen molar-refractivity contribution in [3.63, 3.8) is 0 Å². The monoisotopic (exact) mass is 418 g/mol. The molecule has 0 amide bonds. The third-order valence-corrected chi connectivity index (χ3v) is 6.83. The van der Waals surface area contributed by atoms with Crippen LogP contribution in [0, 0.1) is 5.92 Å². The average Bonchev–Trinajstić information content (AvgIpc) is 3.56. The van der Waals surface area contributed by atoms with Crippen LogP contribution in [-0.2, 0) is 6.54 Å². The van der Waals surface area contributed by atoms with Crippen molar-refractivity contribution in [3.8, 4) is 0 Å². The summed E-state index contributed by atoms with van der Waals surface area (Å²) in [5.41, 5.74) is 4.14. The largest absolute Gasteiger partial charge is 0.478 e. The molecule has 4 nitrogen and oxygen atoms in total. The van der Waals surface area contributed by atoms with E-state index < -0.39 is 5.97 Å². The van der Waals surface area contributed by atoms with Crippen molar-refractivity contribution in [1.82, 2.24) is 10.6 Å². The van der Waals surface area contributed by atoms with Gasteiger partial charge in [-0.05, 0) is 61.6 Å². The van der Waals surface area contributed by atoms with E-state index in [4.69, 9.17) is 0 Å². The standard InChI is InChI=1S/C27H34N2O2/c1-2-20(16-19-8-4-3-5-9-19)25-17-26(25)29-23-14-12-22(13-15-23)28-18-21-10-6-7-11-24(21)27(30)31/h3-11,16,22-23,25-26,28-29H,2,12-15,17-18H2,1H3,(H,30,31)/t22?,23?,25-,26+/m0/s1. The lowest BCUT2D eigenvalue weighted by atomic mass is 9.90. The Hall–Kier alpha value is -2.43. The van der Waals surface area contributed by atoms with Crippen LogP contribution in [0.4, 0.5) is 0 Å². The van der Waals surface area contributed by atoms with Crippen molar-refractivity contribution in [2.24, 2.45) is 5.92 Å². The lowest BCUT2D eigenvalue weighted by Gasteiger charge is -2.30. The van der Waals surface area contributed by atoms with Gasteiger partial charge in [-0.3, -0.25) is 0 Å². The summed E-state index contributed by atoms with van der Waals surface area (Å²) in [6.07, 6.45) is 9.41. The van der Waals surface area contributed by atoms with Crippen LogP contribution in [0.15, 0.2) is 60.2 Å². The van der Waals surface area contributed by atoms with E-state index in [0.717, 1.165) is 24.8 Å². The van der Waals surface area contributed by atoms with Crippen molar-refractivity contribution in [3.05, 3.63) is 76.9 Å². The number of hydrogen-bond acceptors (Lipinski definition) is 3. The Balaban J connectivity index is 1.22. The van der Waals surface area contributed by atoms with Crippen LogP contribution >= 0.6 is 0 Å². The van der Waals surface area contributed by atoms with Crippen LogP contribution in [0.25, 0.3) is 6.08 Å². The number of benzene rings is 2. The molecular weight excluding hydrogens is 384 g/mol. The highest BCUT2D eigenvalue weighted by Crippen LogP contribution is 2.40. The second-order valence-electron chi connectivity index (χ2n) is 8.99. The Kier molecular flexibility index (Phi) is 7.21. The summed E-state index contributed by atoms with van der Waals surface area (Å²) < 4.78 is 0. The van der Waals surface area contributed by atoms with Crippen LogP contribution in [0.5, 0.6) is 0 Å². The highest BCUT2D eigenvalue weighted by Gasteiger charge is 2.40. The topological polar surface area (TPSA) is 61.4 Å². The van der Waals surface area contributed by atoms with Crippen LogP contribution < -0.4 is 10.6 Å². The molecular formula is C27H34N2O2. The van der Waals surface area contributed by atoms with Crippen molar-refractivity contribution >= 4 is 12.0 Å².